The molecule has 0 aliphatic heterocycles. The zero-order valence-electron chi connectivity index (χ0n) is 13.0. The van der Waals surface area contributed by atoms with E-state index in [1.165, 1.54) is 5.56 Å². The molecule has 0 aromatic heterocycles. The molecule has 0 bridgehead atoms. The Balaban J connectivity index is -0.000000103. The first-order chi connectivity index (χ1) is 11.8. The fourth-order valence-electron chi connectivity index (χ4n) is 1.18. The van der Waals surface area contributed by atoms with Crippen LogP contribution in [0.5, 0.6) is 5.75 Å². The van der Waals surface area contributed by atoms with Crippen LogP contribution in [0.3, 0.4) is 0 Å². The molecule has 8 heteroatoms. The average molecular weight is 370 g/mol. The van der Waals surface area contributed by atoms with Crippen LogP contribution in [0.25, 0.3) is 0 Å². The van der Waals surface area contributed by atoms with Gasteiger partial charge in [0.15, 0.2) is 0 Å². The second-order valence-corrected chi connectivity index (χ2v) is 3.64. The van der Waals surface area contributed by atoms with Gasteiger partial charge in [-0.15, -0.1) is 0 Å². The first-order valence-electron chi connectivity index (χ1n) is 5.48. The number of rotatable bonds is 5. The van der Waals surface area contributed by atoms with Crippen LogP contribution in [-0.2, 0) is 50.3 Å². The number of hydrogen-bond acceptors (Lipinski definition) is 2. The Bertz CT molecular complexity index is 466. The molecule has 0 spiro atoms. The molecule has 0 aliphatic carbocycles. The van der Waals surface area contributed by atoms with Gasteiger partial charge >= 0.3 is 149 Å². The summed E-state index contributed by atoms with van der Waals surface area (Å²) in [5, 5.41) is 0. The van der Waals surface area contributed by atoms with Gasteiger partial charge in [-0.25, -0.2) is 0 Å². The molecule has 0 atom stereocenters. The molecule has 0 heterocycles. The van der Waals surface area contributed by atoms with E-state index in [9.17, 15) is 0 Å². The Morgan fingerprint density at radius 2 is 1.38 bits per heavy atom. The van der Waals surface area contributed by atoms with Crippen LogP contribution in [-0.4, -0.2) is 18.8 Å². The molecule has 24 heavy (non-hydrogen) atoms. The van der Waals surface area contributed by atoms with Crippen LogP contribution in [0.15, 0.2) is 24.3 Å². The van der Waals surface area contributed by atoms with Crippen molar-refractivity contribution in [3.05, 3.63) is 63.1 Å². The molecule has 1 aromatic carbocycles. The SMILES string of the molecule is CO[C](=[Cr])CCc1cccc(OC)c1.[C-]#[O+].[C-]#[O+].[C-]#[O+].[C-]#[O+].[C-]#[O+]. The first-order valence-corrected chi connectivity index (χ1v) is 6.12. The van der Waals surface area contributed by atoms with E-state index in [0.717, 1.165) is 23.2 Å². The molecule has 1 rings (SSSR count). The van der Waals surface area contributed by atoms with Gasteiger partial charge in [0.05, 0.1) is 0 Å². The van der Waals surface area contributed by atoms with Crippen molar-refractivity contribution in [3.8, 4) is 5.75 Å². The molecule has 0 N–H and O–H groups in total. The molecule has 0 unspecified atom stereocenters. The van der Waals surface area contributed by atoms with Gasteiger partial charge in [0, 0.05) is 0 Å². The summed E-state index contributed by atoms with van der Waals surface area (Å²) in [5.41, 5.74) is 1.26. The van der Waals surface area contributed by atoms with Crippen molar-refractivity contribution in [2.45, 2.75) is 12.8 Å². The fraction of sp³-hybridized carbons (Fsp3) is 0.250. The summed E-state index contributed by atoms with van der Waals surface area (Å²) in [4.78, 5) is 0. The van der Waals surface area contributed by atoms with Gasteiger partial charge in [-0.3, -0.25) is 0 Å². The Hall–Kier alpha value is -1.92. The maximum absolute atomic E-state index is 7.50. The molecule has 0 fully saturated rings. The number of hydrogen-bond donors (Lipinski definition) is 0. The quantitative estimate of drug-likeness (QED) is 0.580. The monoisotopic (exact) mass is 370 g/mol. The second kappa shape index (κ2) is 37.4. The summed E-state index contributed by atoms with van der Waals surface area (Å²) in [6, 6.07) is 8.08. The predicted octanol–water partition coefficient (Wildman–Crippen LogP) is 1.76. The zero-order valence-corrected chi connectivity index (χ0v) is 14.3. The van der Waals surface area contributed by atoms with Gasteiger partial charge in [0.2, 0.25) is 0 Å². The number of ether oxygens (including phenoxy) is 2. The normalized spacial score (nSPS) is 6.17. The minimum absolute atomic E-state index is 0.904. The van der Waals surface area contributed by atoms with Crippen LogP contribution in [0.4, 0.5) is 0 Å². The predicted molar refractivity (Wildman–Crippen MR) is 73.0 cm³/mol. The van der Waals surface area contributed by atoms with Crippen molar-refractivity contribution in [1.29, 1.82) is 0 Å². The van der Waals surface area contributed by atoms with E-state index in [1.807, 2.05) is 18.2 Å². The third-order valence-corrected chi connectivity index (χ3v) is 2.56. The van der Waals surface area contributed by atoms with Crippen molar-refractivity contribution in [2.75, 3.05) is 14.2 Å². The van der Waals surface area contributed by atoms with E-state index in [1.54, 1.807) is 14.2 Å². The Morgan fingerprint density at radius 3 is 1.75 bits per heavy atom. The van der Waals surface area contributed by atoms with Gasteiger partial charge in [0.25, 0.3) is 0 Å². The molecule has 7 nitrogen and oxygen atoms in total. The molecule has 126 valence electrons. The number of benzene rings is 1. The van der Waals surface area contributed by atoms with Crippen molar-refractivity contribution < 1.29 is 48.6 Å². The molecule has 0 saturated carbocycles. The number of aryl methyl sites for hydroxylation is 1. The van der Waals surface area contributed by atoms with E-state index in [-0.39, 0.29) is 0 Å². The van der Waals surface area contributed by atoms with Gasteiger partial charge < -0.3 is 0 Å². The van der Waals surface area contributed by atoms with Gasteiger partial charge in [-0.2, -0.15) is 0 Å². The van der Waals surface area contributed by atoms with Crippen molar-refractivity contribution in [1.82, 2.24) is 0 Å². The van der Waals surface area contributed by atoms with E-state index >= 15 is 0 Å². The van der Waals surface area contributed by atoms with Crippen LogP contribution >= 0.6 is 0 Å². The summed E-state index contributed by atoms with van der Waals surface area (Å²) < 4.78 is 48.6. The topological polar surface area (TPSA) is 118 Å². The standard InChI is InChI=1S/C11H14O2.5CO.Cr/c1-12-8-4-6-10-5-3-7-11(9-10)13-2;5*1-2;/h3,5,7,9H,4,6H2,1-2H3;;;;;;. The Morgan fingerprint density at radius 1 is 0.917 bits per heavy atom. The van der Waals surface area contributed by atoms with Crippen molar-refractivity contribution in [3.63, 3.8) is 0 Å². The van der Waals surface area contributed by atoms with Crippen LogP contribution < -0.4 is 4.74 Å². The van der Waals surface area contributed by atoms with Gasteiger partial charge in [-0.1, -0.05) is 0 Å². The molecule has 0 aliphatic rings. The maximum atomic E-state index is 7.50. The Labute approximate surface area is 149 Å². The van der Waals surface area contributed by atoms with Crippen molar-refractivity contribution >= 4 is 4.57 Å². The Kier molecular flexibility index (Phi) is 52.4. The summed E-state index contributed by atoms with van der Waals surface area (Å²) >= 11 is 2.89. The van der Waals surface area contributed by atoms with Crippen LogP contribution in [0.2, 0.25) is 0 Å². The fourth-order valence-corrected chi connectivity index (χ4v) is 1.34. The summed E-state index contributed by atoms with van der Waals surface area (Å²) in [6.45, 7) is 22.5. The average Bonchev–Trinajstić information content (AvgIpc) is 2.73. The first kappa shape index (κ1) is 33.6. The number of methoxy groups -OCH3 is 2. The molecular weight excluding hydrogens is 356 g/mol. The zero-order chi connectivity index (χ0) is 20.4. The van der Waals surface area contributed by atoms with Crippen molar-refractivity contribution in [2.24, 2.45) is 0 Å². The molecular formula is C16H14CrO7. The summed E-state index contributed by atoms with van der Waals surface area (Å²) in [5.74, 6) is 0.904. The third-order valence-electron chi connectivity index (χ3n) is 1.98. The van der Waals surface area contributed by atoms with Crippen LogP contribution in [0, 0.1) is 33.3 Å². The summed E-state index contributed by atoms with van der Waals surface area (Å²) in [7, 11) is 3.36. The molecule has 0 radical (unpaired) electrons. The third kappa shape index (κ3) is 25.1. The molecule has 0 amide bonds. The molecule has 1 aromatic rings. The minimum atomic E-state index is 0.904. The molecule has 0 saturated heterocycles. The van der Waals surface area contributed by atoms with E-state index < -0.39 is 0 Å². The van der Waals surface area contributed by atoms with E-state index in [0.29, 0.717) is 0 Å². The van der Waals surface area contributed by atoms with Crippen LogP contribution in [0.1, 0.15) is 12.0 Å². The van der Waals surface area contributed by atoms with Gasteiger partial charge in [-0.05, 0) is 0 Å². The van der Waals surface area contributed by atoms with E-state index in [2.05, 4.69) is 55.2 Å². The summed E-state index contributed by atoms with van der Waals surface area (Å²) in [6.07, 6.45) is 1.87. The second-order valence-electron chi connectivity index (χ2n) is 2.93. The van der Waals surface area contributed by atoms with E-state index in [4.69, 9.17) is 32.7 Å². The van der Waals surface area contributed by atoms with Gasteiger partial charge in [0.1, 0.15) is 0 Å².